The largest absolute Gasteiger partial charge is 0.356 e. The molecule has 4 nitrogen and oxygen atoms in total. The summed E-state index contributed by atoms with van der Waals surface area (Å²) in [6.45, 7) is 1.95. The smallest absolute Gasteiger partial charge is 0.132 e. The summed E-state index contributed by atoms with van der Waals surface area (Å²) in [5.74, 6) is 1.91. The minimum absolute atomic E-state index is 0.628. The minimum atomic E-state index is 0.628. The standard InChI is InChI=1S/C13H20N4/c1-9-14-6-5-13(15-9)17(2)12-7-10-3-4-11(8-12)16-10/h5-6,10-12,16H,3-4,7-8H2,1-2H3. The normalized spacial score (nSPS) is 31.5. The van der Waals surface area contributed by atoms with Crippen LogP contribution in [-0.4, -0.2) is 35.1 Å². The average molecular weight is 232 g/mol. The molecule has 3 heterocycles. The van der Waals surface area contributed by atoms with Crippen LogP contribution in [0.3, 0.4) is 0 Å². The number of aryl methyl sites for hydroxylation is 1. The van der Waals surface area contributed by atoms with Crippen LogP contribution in [0.15, 0.2) is 12.3 Å². The zero-order chi connectivity index (χ0) is 11.8. The molecule has 2 unspecified atom stereocenters. The zero-order valence-corrected chi connectivity index (χ0v) is 10.6. The topological polar surface area (TPSA) is 41.1 Å². The van der Waals surface area contributed by atoms with Crippen molar-refractivity contribution < 1.29 is 0 Å². The van der Waals surface area contributed by atoms with Crippen LogP contribution in [0.5, 0.6) is 0 Å². The molecule has 0 aromatic carbocycles. The van der Waals surface area contributed by atoms with Gasteiger partial charge >= 0.3 is 0 Å². The fraction of sp³-hybridized carbons (Fsp3) is 0.692. The molecule has 3 rings (SSSR count). The monoisotopic (exact) mass is 232 g/mol. The van der Waals surface area contributed by atoms with Crippen molar-refractivity contribution in [3.05, 3.63) is 18.1 Å². The van der Waals surface area contributed by atoms with Gasteiger partial charge in [-0.2, -0.15) is 0 Å². The third-order valence-electron chi connectivity index (χ3n) is 4.12. The van der Waals surface area contributed by atoms with E-state index in [-0.39, 0.29) is 0 Å². The van der Waals surface area contributed by atoms with Gasteiger partial charge in [0.05, 0.1) is 0 Å². The molecule has 2 fully saturated rings. The van der Waals surface area contributed by atoms with E-state index in [4.69, 9.17) is 0 Å². The van der Waals surface area contributed by atoms with E-state index in [9.17, 15) is 0 Å². The van der Waals surface area contributed by atoms with Gasteiger partial charge in [-0.05, 0) is 38.7 Å². The second-order valence-corrected chi connectivity index (χ2v) is 5.34. The second kappa shape index (κ2) is 4.26. The number of rotatable bonds is 2. The number of anilines is 1. The van der Waals surface area contributed by atoms with E-state index in [2.05, 4.69) is 27.2 Å². The number of nitrogens with zero attached hydrogens (tertiary/aromatic N) is 3. The van der Waals surface area contributed by atoms with Gasteiger partial charge in [0, 0.05) is 31.4 Å². The first-order valence-electron chi connectivity index (χ1n) is 6.51. The van der Waals surface area contributed by atoms with Gasteiger partial charge in [0.2, 0.25) is 0 Å². The second-order valence-electron chi connectivity index (χ2n) is 5.34. The molecule has 0 saturated carbocycles. The highest BCUT2D eigenvalue weighted by molar-refractivity contribution is 5.38. The quantitative estimate of drug-likeness (QED) is 0.839. The van der Waals surface area contributed by atoms with E-state index < -0.39 is 0 Å². The molecule has 2 saturated heterocycles. The maximum atomic E-state index is 4.51. The lowest BCUT2D eigenvalue weighted by atomic mass is 9.98. The summed E-state index contributed by atoms with van der Waals surface area (Å²) < 4.78 is 0. The van der Waals surface area contributed by atoms with Gasteiger partial charge in [-0.25, -0.2) is 9.97 Å². The first-order chi connectivity index (χ1) is 8.22. The maximum absolute atomic E-state index is 4.51. The van der Waals surface area contributed by atoms with E-state index in [0.29, 0.717) is 6.04 Å². The highest BCUT2D eigenvalue weighted by atomic mass is 15.2. The molecule has 4 heteroatoms. The van der Waals surface area contributed by atoms with Gasteiger partial charge < -0.3 is 10.2 Å². The Hall–Kier alpha value is -1.16. The maximum Gasteiger partial charge on any atom is 0.132 e. The van der Waals surface area contributed by atoms with Crippen molar-refractivity contribution in [3.63, 3.8) is 0 Å². The summed E-state index contributed by atoms with van der Waals surface area (Å²) >= 11 is 0. The fourth-order valence-electron chi connectivity index (χ4n) is 3.17. The molecule has 2 aliphatic rings. The molecular formula is C13H20N4. The summed E-state index contributed by atoms with van der Waals surface area (Å²) in [4.78, 5) is 11.0. The van der Waals surface area contributed by atoms with Crippen LogP contribution in [0.2, 0.25) is 0 Å². The Balaban J connectivity index is 1.76. The van der Waals surface area contributed by atoms with Crippen LogP contribution in [-0.2, 0) is 0 Å². The number of aromatic nitrogens is 2. The Morgan fingerprint density at radius 1 is 1.29 bits per heavy atom. The van der Waals surface area contributed by atoms with Gasteiger partial charge in [0.1, 0.15) is 11.6 Å². The first kappa shape index (κ1) is 11.0. The zero-order valence-electron chi connectivity index (χ0n) is 10.6. The molecule has 0 radical (unpaired) electrons. The van der Waals surface area contributed by atoms with Crippen molar-refractivity contribution in [2.75, 3.05) is 11.9 Å². The van der Waals surface area contributed by atoms with Crippen molar-refractivity contribution in [3.8, 4) is 0 Å². The fourth-order valence-corrected chi connectivity index (χ4v) is 3.17. The Bertz CT molecular complexity index is 394. The first-order valence-corrected chi connectivity index (χ1v) is 6.51. The van der Waals surface area contributed by atoms with Crippen LogP contribution in [0, 0.1) is 6.92 Å². The molecule has 2 aliphatic heterocycles. The highest BCUT2D eigenvalue weighted by Gasteiger charge is 2.35. The van der Waals surface area contributed by atoms with Crippen molar-refractivity contribution in [1.29, 1.82) is 0 Å². The summed E-state index contributed by atoms with van der Waals surface area (Å²) in [6, 6.07) is 4.09. The Kier molecular flexibility index (Phi) is 2.74. The van der Waals surface area contributed by atoms with E-state index in [1.165, 1.54) is 25.7 Å². The van der Waals surface area contributed by atoms with Gasteiger partial charge in [0.25, 0.3) is 0 Å². The summed E-state index contributed by atoms with van der Waals surface area (Å²) in [6.07, 6.45) is 7.03. The summed E-state index contributed by atoms with van der Waals surface area (Å²) in [5, 5.41) is 3.68. The molecule has 17 heavy (non-hydrogen) atoms. The van der Waals surface area contributed by atoms with Crippen molar-refractivity contribution in [2.24, 2.45) is 0 Å². The Morgan fingerprint density at radius 3 is 2.65 bits per heavy atom. The minimum Gasteiger partial charge on any atom is -0.356 e. The molecule has 2 bridgehead atoms. The summed E-state index contributed by atoms with van der Waals surface area (Å²) in [5.41, 5.74) is 0. The van der Waals surface area contributed by atoms with Crippen LogP contribution in [0.4, 0.5) is 5.82 Å². The van der Waals surface area contributed by atoms with Gasteiger partial charge in [-0.3, -0.25) is 0 Å². The summed E-state index contributed by atoms with van der Waals surface area (Å²) in [7, 11) is 2.16. The van der Waals surface area contributed by atoms with E-state index in [1.807, 2.05) is 19.2 Å². The Morgan fingerprint density at radius 2 is 2.00 bits per heavy atom. The highest BCUT2D eigenvalue weighted by Crippen LogP contribution is 2.30. The van der Waals surface area contributed by atoms with Gasteiger partial charge in [-0.15, -0.1) is 0 Å². The van der Waals surface area contributed by atoms with Crippen LogP contribution >= 0.6 is 0 Å². The lowest BCUT2D eigenvalue weighted by Gasteiger charge is -2.36. The molecule has 0 aliphatic carbocycles. The lowest BCUT2D eigenvalue weighted by Crippen LogP contribution is -2.47. The predicted molar refractivity (Wildman–Crippen MR) is 68.1 cm³/mol. The number of hydrogen-bond acceptors (Lipinski definition) is 4. The average Bonchev–Trinajstić information content (AvgIpc) is 2.67. The Labute approximate surface area is 102 Å². The van der Waals surface area contributed by atoms with Crippen molar-refractivity contribution >= 4 is 5.82 Å². The third-order valence-corrected chi connectivity index (χ3v) is 4.12. The van der Waals surface area contributed by atoms with Gasteiger partial charge in [0.15, 0.2) is 0 Å². The SMILES string of the molecule is Cc1nccc(N(C)C2CC3CCC(C2)N3)n1. The van der Waals surface area contributed by atoms with Crippen LogP contribution in [0.25, 0.3) is 0 Å². The molecule has 1 N–H and O–H groups in total. The number of nitrogens with one attached hydrogen (secondary N) is 1. The number of hydrogen-bond donors (Lipinski definition) is 1. The molecule has 1 aromatic heterocycles. The van der Waals surface area contributed by atoms with Crippen molar-refractivity contribution in [2.45, 2.75) is 50.7 Å². The predicted octanol–water partition coefficient (Wildman–Crippen LogP) is 1.50. The van der Waals surface area contributed by atoms with Crippen LogP contribution in [0.1, 0.15) is 31.5 Å². The lowest BCUT2D eigenvalue weighted by molar-refractivity contribution is 0.353. The van der Waals surface area contributed by atoms with E-state index >= 15 is 0 Å². The molecular weight excluding hydrogens is 212 g/mol. The van der Waals surface area contributed by atoms with Crippen molar-refractivity contribution in [1.82, 2.24) is 15.3 Å². The number of piperidine rings is 1. The van der Waals surface area contributed by atoms with Gasteiger partial charge in [-0.1, -0.05) is 0 Å². The number of fused-ring (bicyclic) bond motifs is 2. The van der Waals surface area contributed by atoms with E-state index in [0.717, 1.165) is 23.7 Å². The van der Waals surface area contributed by atoms with E-state index in [1.54, 1.807) is 0 Å². The molecule has 1 aromatic rings. The molecule has 0 spiro atoms. The molecule has 92 valence electrons. The van der Waals surface area contributed by atoms with Crippen LogP contribution < -0.4 is 10.2 Å². The third kappa shape index (κ3) is 2.14. The molecule has 0 amide bonds. The molecule has 2 atom stereocenters.